The van der Waals surface area contributed by atoms with E-state index >= 15 is 0 Å². The number of likely N-dealkylation sites (N-methyl/N-ethyl adjacent to an activating group) is 1. The first-order valence-electron chi connectivity index (χ1n) is 6.61. The molecular weight excluding hydrogens is 338 g/mol. The van der Waals surface area contributed by atoms with Crippen LogP contribution in [0.1, 0.15) is 22.7 Å². The first kappa shape index (κ1) is 15.5. The van der Waals surface area contributed by atoms with E-state index in [-0.39, 0.29) is 0 Å². The maximum atomic E-state index is 6.34. The molecule has 3 nitrogen and oxygen atoms in total. The average molecular weight is 357 g/mol. The van der Waals surface area contributed by atoms with Crippen molar-refractivity contribution in [3.8, 4) is 0 Å². The van der Waals surface area contributed by atoms with Crippen LogP contribution in [0, 0.1) is 6.92 Å². The third kappa shape index (κ3) is 3.43. The molecule has 1 aromatic carbocycles. The van der Waals surface area contributed by atoms with Crippen molar-refractivity contribution < 1.29 is 0 Å². The number of aromatic nitrogens is 2. The summed E-state index contributed by atoms with van der Waals surface area (Å²) in [6.45, 7) is 2.92. The molecule has 0 bridgehead atoms. The van der Waals surface area contributed by atoms with Crippen LogP contribution in [-0.4, -0.2) is 23.4 Å². The largest absolute Gasteiger partial charge is 0.319 e. The van der Waals surface area contributed by atoms with E-state index in [0.717, 1.165) is 33.8 Å². The number of rotatable bonds is 5. The van der Waals surface area contributed by atoms with E-state index in [0.29, 0.717) is 5.92 Å². The van der Waals surface area contributed by atoms with Gasteiger partial charge in [-0.15, -0.1) is 0 Å². The Kier molecular flexibility index (Phi) is 5.24. The molecule has 0 spiro atoms. The predicted molar refractivity (Wildman–Crippen MR) is 87.5 cm³/mol. The van der Waals surface area contributed by atoms with Gasteiger partial charge in [0.05, 0.1) is 5.69 Å². The second-order valence-corrected chi connectivity index (χ2v) is 6.26. The summed E-state index contributed by atoms with van der Waals surface area (Å²) >= 11 is 9.82. The van der Waals surface area contributed by atoms with Crippen molar-refractivity contribution in [1.82, 2.24) is 15.1 Å². The van der Waals surface area contributed by atoms with Crippen molar-refractivity contribution in [3.63, 3.8) is 0 Å². The lowest BCUT2D eigenvalue weighted by Gasteiger charge is -2.17. The lowest BCUT2D eigenvalue weighted by atomic mass is 9.92. The summed E-state index contributed by atoms with van der Waals surface area (Å²) in [5.74, 6) is 0.383. The molecule has 20 heavy (non-hydrogen) atoms. The summed E-state index contributed by atoms with van der Waals surface area (Å²) in [5, 5.41) is 8.39. The van der Waals surface area contributed by atoms with Crippen LogP contribution in [0.15, 0.2) is 28.7 Å². The van der Waals surface area contributed by atoms with E-state index in [1.807, 2.05) is 21.0 Å². The summed E-state index contributed by atoms with van der Waals surface area (Å²) in [4.78, 5) is 0. The van der Waals surface area contributed by atoms with Gasteiger partial charge in [0.25, 0.3) is 0 Å². The maximum absolute atomic E-state index is 6.34. The Labute approximate surface area is 133 Å². The Bertz CT molecular complexity index is 578. The average Bonchev–Trinajstić information content (AvgIpc) is 2.65. The first-order valence-corrected chi connectivity index (χ1v) is 7.78. The van der Waals surface area contributed by atoms with Gasteiger partial charge in [-0.3, -0.25) is 4.68 Å². The minimum Gasteiger partial charge on any atom is -0.319 e. The highest BCUT2D eigenvalue weighted by Crippen LogP contribution is 2.27. The van der Waals surface area contributed by atoms with Gasteiger partial charge >= 0.3 is 0 Å². The van der Waals surface area contributed by atoms with Gasteiger partial charge in [-0.05, 0) is 38.1 Å². The van der Waals surface area contributed by atoms with Gasteiger partial charge in [0.15, 0.2) is 0 Å². The number of halogens is 2. The molecule has 2 rings (SSSR count). The second-order valence-electron chi connectivity index (χ2n) is 4.99. The normalized spacial score (nSPS) is 12.7. The van der Waals surface area contributed by atoms with Gasteiger partial charge in [-0.1, -0.05) is 39.7 Å². The molecule has 0 radical (unpaired) electrons. The van der Waals surface area contributed by atoms with Crippen molar-refractivity contribution in [2.45, 2.75) is 19.3 Å². The van der Waals surface area contributed by atoms with Gasteiger partial charge in [0.1, 0.15) is 5.15 Å². The highest BCUT2D eigenvalue weighted by molar-refractivity contribution is 9.10. The number of hydrogen-bond acceptors (Lipinski definition) is 2. The Morgan fingerprint density at radius 1 is 1.35 bits per heavy atom. The van der Waals surface area contributed by atoms with Gasteiger partial charge in [0.2, 0.25) is 0 Å². The van der Waals surface area contributed by atoms with Gasteiger partial charge in [-0.25, -0.2) is 0 Å². The zero-order valence-corrected chi connectivity index (χ0v) is 14.3. The first-order chi connectivity index (χ1) is 9.52. The second kappa shape index (κ2) is 6.74. The molecule has 0 aliphatic carbocycles. The molecule has 0 amide bonds. The lowest BCUT2D eigenvalue weighted by Crippen LogP contribution is -2.19. The van der Waals surface area contributed by atoms with Gasteiger partial charge < -0.3 is 5.32 Å². The van der Waals surface area contributed by atoms with E-state index in [4.69, 9.17) is 11.6 Å². The molecule has 0 saturated carbocycles. The van der Waals surface area contributed by atoms with E-state index < -0.39 is 0 Å². The maximum Gasteiger partial charge on any atom is 0.130 e. The molecule has 1 atom stereocenters. The SMILES string of the molecule is CNCC(Cc1c(C)nn(C)c1Cl)c1ccc(Br)cc1. The predicted octanol–water partition coefficient (Wildman–Crippen LogP) is 3.69. The molecule has 1 heterocycles. The van der Waals surface area contributed by atoms with Gasteiger partial charge in [-0.2, -0.15) is 5.10 Å². The Hall–Kier alpha value is -0.840. The zero-order valence-electron chi connectivity index (χ0n) is 12.0. The smallest absolute Gasteiger partial charge is 0.130 e. The number of aryl methyl sites for hydroxylation is 2. The van der Waals surface area contributed by atoms with Crippen LogP contribution in [-0.2, 0) is 13.5 Å². The van der Waals surface area contributed by atoms with Crippen LogP contribution in [0.5, 0.6) is 0 Å². The van der Waals surface area contributed by atoms with Crippen molar-refractivity contribution in [2.24, 2.45) is 7.05 Å². The molecule has 1 aromatic heterocycles. The van der Waals surface area contributed by atoms with E-state index in [1.54, 1.807) is 4.68 Å². The van der Waals surface area contributed by atoms with Crippen LogP contribution in [0.3, 0.4) is 0 Å². The topological polar surface area (TPSA) is 29.9 Å². The highest BCUT2D eigenvalue weighted by Gasteiger charge is 2.18. The molecule has 1 unspecified atom stereocenters. The standard InChI is InChI=1S/C15H19BrClN3/c1-10-14(15(17)20(3)19-10)8-12(9-18-2)11-4-6-13(16)7-5-11/h4-7,12,18H,8-9H2,1-3H3. The highest BCUT2D eigenvalue weighted by atomic mass is 79.9. The molecule has 1 N–H and O–H groups in total. The number of nitrogens with zero attached hydrogens (tertiary/aromatic N) is 2. The van der Waals surface area contributed by atoms with Crippen molar-refractivity contribution in [3.05, 3.63) is 50.7 Å². The lowest BCUT2D eigenvalue weighted by molar-refractivity contribution is 0.624. The van der Waals surface area contributed by atoms with Crippen LogP contribution >= 0.6 is 27.5 Å². The summed E-state index contributed by atoms with van der Waals surface area (Å²) in [6.07, 6.45) is 0.890. The van der Waals surface area contributed by atoms with Crippen LogP contribution < -0.4 is 5.32 Å². The summed E-state index contributed by atoms with van der Waals surface area (Å²) in [5.41, 5.74) is 3.45. The fourth-order valence-corrected chi connectivity index (χ4v) is 2.96. The Morgan fingerprint density at radius 2 is 2.00 bits per heavy atom. The minimum absolute atomic E-state index is 0.383. The van der Waals surface area contributed by atoms with Crippen LogP contribution in [0.4, 0.5) is 0 Å². The molecule has 5 heteroatoms. The fourth-order valence-electron chi connectivity index (χ4n) is 2.44. The van der Waals surface area contributed by atoms with Gasteiger partial charge in [0, 0.05) is 29.5 Å². The Morgan fingerprint density at radius 3 is 2.50 bits per heavy atom. The monoisotopic (exact) mass is 355 g/mol. The van der Waals surface area contributed by atoms with E-state index in [1.165, 1.54) is 5.56 Å². The van der Waals surface area contributed by atoms with Crippen molar-refractivity contribution in [2.75, 3.05) is 13.6 Å². The molecule has 108 valence electrons. The summed E-state index contributed by atoms with van der Waals surface area (Å²) < 4.78 is 2.84. The third-order valence-corrected chi connectivity index (χ3v) is 4.51. The van der Waals surface area contributed by atoms with Crippen LogP contribution in [0.2, 0.25) is 5.15 Å². The third-order valence-electron chi connectivity index (χ3n) is 3.51. The van der Waals surface area contributed by atoms with E-state index in [2.05, 4.69) is 50.6 Å². The van der Waals surface area contributed by atoms with Crippen LogP contribution in [0.25, 0.3) is 0 Å². The summed E-state index contributed by atoms with van der Waals surface area (Å²) in [7, 11) is 3.86. The number of hydrogen-bond donors (Lipinski definition) is 1. The molecule has 0 saturated heterocycles. The minimum atomic E-state index is 0.383. The zero-order chi connectivity index (χ0) is 14.7. The quantitative estimate of drug-likeness (QED) is 0.885. The molecular formula is C15H19BrClN3. The molecule has 0 aliphatic rings. The van der Waals surface area contributed by atoms with Crippen molar-refractivity contribution in [1.29, 1.82) is 0 Å². The van der Waals surface area contributed by atoms with Crippen molar-refractivity contribution >= 4 is 27.5 Å². The number of nitrogens with one attached hydrogen (secondary N) is 1. The molecule has 2 aromatic rings. The van der Waals surface area contributed by atoms with E-state index in [9.17, 15) is 0 Å². The number of benzene rings is 1. The summed E-state index contributed by atoms with van der Waals surface area (Å²) in [6, 6.07) is 8.47. The fraction of sp³-hybridized carbons (Fsp3) is 0.400. The molecule has 0 fully saturated rings. The Balaban J connectivity index is 2.27. The molecule has 0 aliphatic heterocycles.